The summed E-state index contributed by atoms with van der Waals surface area (Å²) in [5, 5.41) is 24.6. The highest BCUT2D eigenvalue weighted by atomic mass is 16.3. The summed E-state index contributed by atoms with van der Waals surface area (Å²) in [4.78, 5) is 11.0. The van der Waals surface area contributed by atoms with Crippen LogP contribution in [0.25, 0.3) is 21.5 Å². The molecule has 4 nitrogen and oxygen atoms in total. The molecule has 2 unspecified atom stereocenters. The van der Waals surface area contributed by atoms with Crippen LogP contribution in [-0.2, 0) is 10.4 Å². The molecule has 4 heteroatoms. The van der Waals surface area contributed by atoms with Gasteiger partial charge in [-0.2, -0.15) is 0 Å². The van der Waals surface area contributed by atoms with Gasteiger partial charge in [-0.3, -0.25) is 4.79 Å². The first-order valence-electron chi connectivity index (χ1n) is 7.50. The number of aliphatic hydroxyl groups excluding tert-OH is 1. The van der Waals surface area contributed by atoms with Crippen LogP contribution in [0.1, 0.15) is 18.9 Å². The highest BCUT2D eigenvalue weighted by molar-refractivity contribution is 5.98. The lowest BCUT2D eigenvalue weighted by molar-refractivity contribution is -0.129. The van der Waals surface area contributed by atoms with Gasteiger partial charge in [0.25, 0.3) is 0 Å². The predicted molar refractivity (Wildman–Crippen MR) is 90.8 cm³/mol. The van der Waals surface area contributed by atoms with E-state index in [9.17, 15) is 15.0 Å². The van der Waals surface area contributed by atoms with Crippen molar-refractivity contribution in [2.75, 3.05) is 0 Å². The Morgan fingerprint density at radius 1 is 1.04 bits per heavy atom. The van der Waals surface area contributed by atoms with Crippen LogP contribution in [0.15, 0.2) is 54.6 Å². The molecule has 118 valence electrons. The van der Waals surface area contributed by atoms with Crippen molar-refractivity contribution in [2.45, 2.75) is 25.0 Å². The van der Waals surface area contributed by atoms with Gasteiger partial charge in [0.1, 0.15) is 6.10 Å². The van der Waals surface area contributed by atoms with Gasteiger partial charge in [0.2, 0.25) is 5.91 Å². The average Bonchev–Trinajstić information content (AvgIpc) is 2.51. The SMILES string of the molecule is CC(O)(CC(O)C(N)=O)c1ccc2cc3ccccc3cc2c1. The van der Waals surface area contributed by atoms with Crippen LogP contribution in [0.2, 0.25) is 0 Å². The monoisotopic (exact) mass is 309 g/mol. The van der Waals surface area contributed by atoms with Crippen LogP contribution in [-0.4, -0.2) is 22.2 Å². The van der Waals surface area contributed by atoms with E-state index >= 15 is 0 Å². The molecule has 3 aromatic carbocycles. The van der Waals surface area contributed by atoms with E-state index in [1.807, 2.05) is 36.4 Å². The molecule has 0 aliphatic heterocycles. The second-order valence-electron chi connectivity index (χ2n) is 6.16. The highest BCUT2D eigenvalue weighted by Gasteiger charge is 2.29. The molecule has 4 N–H and O–H groups in total. The smallest absolute Gasteiger partial charge is 0.246 e. The number of amides is 1. The first kappa shape index (κ1) is 15.5. The number of primary amides is 1. The summed E-state index contributed by atoms with van der Waals surface area (Å²) in [5.74, 6) is -0.836. The van der Waals surface area contributed by atoms with Crippen molar-refractivity contribution < 1.29 is 15.0 Å². The summed E-state index contributed by atoms with van der Waals surface area (Å²) in [6, 6.07) is 17.9. The largest absolute Gasteiger partial charge is 0.385 e. The average molecular weight is 309 g/mol. The van der Waals surface area contributed by atoms with Gasteiger partial charge < -0.3 is 15.9 Å². The minimum Gasteiger partial charge on any atom is -0.385 e. The Bertz CT molecular complexity index is 886. The molecule has 0 aliphatic rings. The fourth-order valence-corrected chi connectivity index (χ4v) is 2.87. The fourth-order valence-electron chi connectivity index (χ4n) is 2.87. The summed E-state index contributed by atoms with van der Waals surface area (Å²) in [6.07, 6.45) is -1.51. The van der Waals surface area contributed by atoms with Crippen LogP contribution in [0.4, 0.5) is 0 Å². The van der Waals surface area contributed by atoms with E-state index < -0.39 is 17.6 Å². The number of carbonyl (C=O) groups excluding carboxylic acids is 1. The van der Waals surface area contributed by atoms with Gasteiger partial charge in [0.05, 0.1) is 5.60 Å². The first-order chi connectivity index (χ1) is 10.9. The molecular formula is C19H19NO3. The molecule has 0 spiro atoms. The molecule has 0 saturated carbocycles. The maximum atomic E-state index is 11.0. The molecule has 0 bridgehead atoms. The molecule has 2 atom stereocenters. The van der Waals surface area contributed by atoms with E-state index in [1.165, 1.54) is 0 Å². The van der Waals surface area contributed by atoms with Gasteiger partial charge in [0.15, 0.2) is 0 Å². The van der Waals surface area contributed by atoms with E-state index in [0.717, 1.165) is 21.5 Å². The molecule has 0 aliphatic carbocycles. The zero-order valence-corrected chi connectivity index (χ0v) is 12.9. The number of nitrogens with two attached hydrogens (primary N) is 1. The lowest BCUT2D eigenvalue weighted by Crippen LogP contribution is -2.36. The summed E-state index contributed by atoms with van der Waals surface area (Å²) in [6.45, 7) is 1.57. The van der Waals surface area contributed by atoms with Crippen LogP contribution >= 0.6 is 0 Å². The Labute approximate surface area is 134 Å². The summed E-state index contributed by atoms with van der Waals surface area (Å²) >= 11 is 0. The summed E-state index contributed by atoms with van der Waals surface area (Å²) in [5.41, 5.74) is 4.37. The lowest BCUT2D eigenvalue weighted by Gasteiger charge is -2.26. The molecule has 3 rings (SSSR count). The number of carbonyl (C=O) groups is 1. The lowest BCUT2D eigenvalue weighted by atomic mass is 9.88. The Balaban J connectivity index is 2.04. The third kappa shape index (κ3) is 3.04. The Morgan fingerprint density at radius 2 is 1.61 bits per heavy atom. The van der Waals surface area contributed by atoms with Gasteiger partial charge in [-0.1, -0.05) is 36.4 Å². The molecule has 0 heterocycles. The second kappa shape index (κ2) is 5.65. The minimum atomic E-state index is -1.38. The number of hydrogen-bond acceptors (Lipinski definition) is 3. The Kier molecular flexibility index (Phi) is 3.80. The summed E-state index contributed by atoms with van der Waals surface area (Å²) < 4.78 is 0. The molecule has 0 aromatic heterocycles. The normalized spacial score (nSPS) is 15.4. The van der Waals surface area contributed by atoms with Crippen LogP contribution < -0.4 is 5.73 Å². The van der Waals surface area contributed by atoms with E-state index in [0.29, 0.717) is 5.56 Å². The minimum absolute atomic E-state index is 0.137. The number of rotatable bonds is 4. The van der Waals surface area contributed by atoms with Crippen molar-refractivity contribution >= 4 is 27.5 Å². The van der Waals surface area contributed by atoms with Gasteiger partial charge in [-0.05, 0) is 52.2 Å². The molecule has 0 saturated heterocycles. The van der Waals surface area contributed by atoms with Crippen LogP contribution in [0, 0.1) is 0 Å². The molecule has 0 fully saturated rings. The molecule has 0 radical (unpaired) electrons. The number of fused-ring (bicyclic) bond motifs is 2. The standard InChI is InChI=1S/C19H19NO3/c1-19(23,11-17(21)18(20)22)16-7-6-14-8-12-4-2-3-5-13(12)9-15(14)10-16/h2-10,17,21,23H,11H2,1H3,(H2,20,22). The zero-order chi connectivity index (χ0) is 16.6. The molecular weight excluding hydrogens is 290 g/mol. The van der Waals surface area contributed by atoms with Gasteiger partial charge >= 0.3 is 0 Å². The molecule has 23 heavy (non-hydrogen) atoms. The van der Waals surface area contributed by atoms with Gasteiger partial charge in [0, 0.05) is 6.42 Å². The molecule has 3 aromatic rings. The number of aliphatic hydroxyl groups is 2. The first-order valence-corrected chi connectivity index (χ1v) is 7.50. The fraction of sp³-hybridized carbons (Fsp3) is 0.211. The number of benzene rings is 3. The predicted octanol–water partition coefficient (Wildman–Crippen LogP) is 2.44. The zero-order valence-electron chi connectivity index (χ0n) is 12.9. The van der Waals surface area contributed by atoms with Crippen molar-refractivity contribution in [3.05, 3.63) is 60.2 Å². The van der Waals surface area contributed by atoms with Crippen molar-refractivity contribution in [1.82, 2.24) is 0 Å². The maximum Gasteiger partial charge on any atom is 0.246 e. The topological polar surface area (TPSA) is 83.6 Å². The van der Waals surface area contributed by atoms with Crippen molar-refractivity contribution in [3.63, 3.8) is 0 Å². The second-order valence-corrected chi connectivity index (χ2v) is 6.16. The molecule has 1 amide bonds. The Hall–Kier alpha value is -2.43. The van der Waals surface area contributed by atoms with E-state index in [4.69, 9.17) is 5.73 Å². The van der Waals surface area contributed by atoms with Crippen LogP contribution in [0.3, 0.4) is 0 Å². The third-order valence-electron chi connectivity index (χ3n) is 4.25. The number of hydrogen-bond donors (Lipinski definition) is 3. The van der Waals surface area contributed by atoms with Crippen LogP contribution in [0.5, 0.6) is 0 Å². The quantitative estimate of drug-likeness (QED) is 0.647. The summed E-state index contributed by atoms with van der Waals surface area (Å²) in [7, 11) is 0. The van der Waals surface area contributed by atoms with E-state index in [2.05, 4.69) is 18.2 Å². The van der Waals surface area contributed by atoms with E-state index in [-0.39, 0.29) is 6.42 Å². The van der Waals surface area contributed by atoms with Crippen molar-refractivity contribution in [1.29, 1.82) is 0 Å². The van der Waals surface area contributed by atoms with E-state index in [1.54, 1.807) is 6.92 Å². The third-order valence-corrected chi connectivity index (χ3v) is 4.25. The maximum absolute atomic E-state index is 11.0. The van der Waals surface area contributed by atoms with Gasteiger partial charge in [-0.15, -0.1) is 0 Å². The highest BCUT2D eigenvalue weighted by Crippen LogP contribution is 2.30. The van der Waals surface area contributed by atoms with Gasteiger partial charge in [-0.25, -0.2) is 0 Å². The van der Waals surface area contributed by atoms with Crippen molar-refractivity contribution in [2.24, 2.45) is 5.73 Å². The van der Waals surface area contributed by atoms with Crippen molar-refractivity contribution in [3.8, 4) is 0 Å². The Morgan fingerprint density at radius 3 is 2.22 bits per heavy atom.